The average molecular weight is 311 g/mol. The van der Waals surface area contributed by atoms with E-state index in [0.717, 1.165) is 19.4 Å². The molecule has 0 saturated carbocycles. The predicted molar refractivity (Wildman–Crippen MR) is 93.0 cm³/mol. The molecule has 2 aromatic carbocycles. The van der Waals surface area contributed by atoms with Crippen LogP contribution in [0.3, 0.4) is 0 Å². The van der Waals surface area contributed by atoms with E-state index in [1.807, 2.05) is 31.3 Å². The van der Waals surface area contributed by atoms with Crippen molar-refractivity contribution in [1.29, 1.82) is 0 Å². The Hall–Kier alpha value is -2.00. The highest BCUT2D eigenvalue weighted by Gasteiger charge is 2.28. The second-order valence-corrected chi connectivity index (χ2v) is 6.57. The number of benzene rings is 2. The van der Waals surface area contributed by atoms with E-state index in [1.165, 1.54) is 29.5 Å². The van der Waals surface area contributed by atoms with Gasteiger partial charge >= 0.3 is 0 Å². The maximum atomic E-state index is 9.74. The van der Waals surface area contributed by atoms with Gasteiger partial charge < -0.3 is 15.5 Å². The van der Waals surface area contributed by atoms with E-state index in [9.17, 15) is 10.2 Å². The van der Waals surface area contributed by atoms with Gasteiger partial charge in [0.15, 0.2) is 0 Å². The van der Waals surface area contributed by atoms with Gasteiger partial charge in [-0.1, -0.05) is 18.2 Å². The standard InChI is InChI=1S/C20H25NO2/c1-21-13-16(10-14-4-2-6-17(22)11-14)19-7-3-5-15-12-18(23)8-9-20(15)19/h2,4,6,8-9,11-12,16,19,21-23H,3,5,7,10,13H2,1H3. The Labute approximate surface area is 138 Å². The van der Waals surface area contributed by atoms with Gasteiger partial charge in [-0.3, -0.25) is 0 Å². The van der Waals surface area contributed by atoms with Crippen LogP contribution in [0.4, 0.5) is 0 Å². The van der Waals surface area contributed by atoms with E-state index in [1.54, 1.807) is 6.07 Å². The minimum absolute atomic E-state index is 0.333. The molecule has 0 spiro atoms. The van der Waals surface area contributed by atoms with Crippen LogP contribution >= 0.6 is 0 Å². The Balaban J connectivity index is 1.87. The summed E-state index contributed by atoms with van der Waals surface area (Å²) in [4.78, 5) is 0. The third kappa shape index (κ3) is 3.67. The van der Waals surface area contributed by atoms with Crippen molar-refractivity contribution in [3.8, 4) is 11.5 Å². The van der Waals surface area contributed by atoms with Crippen LogP contribution in [-0.2, 0) is 12.8 Å². The SMILES string of the molecule is CNCC(Cc1cccc(O)c1)C1CCCc2cc(O)ccc21. The second kappa shape index (κ2) is 7.05. The molecule has 0 heterocycles. The molecule has 0 aliphatic heterocycles. The van der Waals surface area contributed by atoms with Crippen LogP contribution in [0.15, 0.2) is 42.5 Å². The number of hydrogen-bond acceptors (Lipinski definition) is 3. The maximum Gasteiger partial charge on any atom is 0.115 e. The Morgan fingerprint density at radius 3 is 2.74 bits per heavy atom. The van der Waals surface area contributed by atoms with Crippen LogP contribution in [-0.4, -0.2) is 23.8 Å². The Kier molecular flexibility index (Phi) is 4.87. The molecule has 2 aromatic rings. The lowest BCUT2D eigenvalue weighted by atomic mass is 9.73. The molecule has 3 N–H and O–H groups in total. The number of phenolic OH excluding ortho intramolecular Hbond substituents is 2. The molecule has 3 heteroatoms. The smallest absolute Gasteiger partial charge is 0.115 e. The van der Waals surface area contributed by atoms with Gasteiger partial charge in [-0.15, -0.1) is 0 Å². The number of aryl methyl sites for hydroxylation is 1. The van der Waals surface area contributed by atoms with E-state index in [4.69, 9.17) is 0 Å². The molecule has 3 rings (SSSR count). The summed E-state index contributed by atoms with van der Waals surface area (Å²) in [6.07, 6.45) is 4.35. The van der Waals surface area contributed by atoms with Crippen LogP contribution in [0.2, 0.25) is 0 Å². The van der Waals surface area contributed by atoms with Gasteiger partial charge in [-0.2, -0.15) is 0 Å². The molecule has 2 atom stereocenters. The van der Waals surface area contributed by atoms with Crippen molar-refractivity contribution in [1.82, 2.24) is 5.32 Å². The fourth-order valence-electron chi connectivity index (χ4n) is 3.93. The Bertz CT molecular complexity index is 668. The summed E-state index contributed by atoms with van der Waals surface area (Å²) >= 11 is 0. The first-order chi connectivity index (χ1) is 11.2. The highest BCUT2D eigenvalue weighted by Crippen LogP contribution is 2.39. The van der Waals surface area contributed by atoms with Crippen molar-refractivity contribution in [2.45, 2.75) is 31.6 Å². The van der Waals surface area contributed by atoms with Gasteiger partial charge in [0.1, 0.15) is 11.5 Å². The van der Waals surface area contributed by atoms with E-state index in [-0.39, 0.29) is 0 Å². The highest BCUT2D eigenvalue weighted by molar-refractivity contribution is 5.39. The molecule has 0 saturated heterocycles. The van der Waals surface area contributed by atoms with Crippen molar-refractivity contribution >= 4 is 0 Å². The normalized spacial score (nSPS) is 18.4. The fraction of sp³-hybridized carbons (Fsp3) is 0.400. The van der Waals surface area contributed by atoms with Crippen molar-refractivity contribution in [3.63, 3.8) is 0 Å². The molecule has 1 aliphatic carbocycles. The molecule has 0 amide bonds. The third-order valence-electron chi connectivity index (χ3n) is 4.93. The van der Waals surface area contributed by atoms with Crippen molar-refractivity contribution in [2.75, 3.05) is 13.6 Å². The van der Waals surface area contributed by atoms with E-state index >= 15 is 0 Å². The summed E-state index contributed by atoms with van der Waals surface area (Å²) in [6, 6.07) is 13.4. The topological polar surface area (TPSA) is 52.5 Å². The molecule has 0 radical (unpaired) electrons. The quantitative estimate of drug-likeness (QED) is 0.791. The molecular formula is C20H25NO2. The highest BCUT2D eigenvalue weighted by atomic mass is 16.3. The van der Waals surface area contributed by atoms with Crippen molar-refractivity contribution in [2.24, 2.45) is 5.92 Å². The van der Waals surface area contributed by atoms with Crippen LogP contribution in [0.25, 0.3) is 0 Å². The first-order valence-corrected chi connectivity index (χ1v) is 8.41. The van der Waals surface area contributed by atoms with Gasteiger partial charge in [-0.05, 0) is 92.1 Å². The van der Waals surface area contributed by atoms with Gasteiger partial charge in [0, 0.05) is 0 Å². The first kappa shape index (κ1) is 15.9. The number of rotatable bonds is 5. The van der Waals surface area contributed by atoms with Crippen LogP contribution in [0.1, 0.15) is 35.4 Å². The zero-order chi connectivity index (χ0) is 16.2. The first-order valence-electron chi connectivity index (χ1n) is 8.41. The lowest BCUT2D eigenvalue weighted by molar-refractivity contribution is 0.364. The molecule has 2 unspecified atom stereocenters. The molecule has 122 valence electrons. The average Bonchev–Trinajstić information content (AvgIpc) is 2.53. The number of nitrogens with one attached hydrogen (secondary N) is 1. The van der Waals surface area contributed by atoms with Crippen LogP contribution in [0.5, 0.6) is 11.5 Å². The summed E-state index contributed by atoms with van der Waals surface area (Å²) < 4.78 is 0. The second-order valence-electron chi connectivity index (χ2n) is 6.57. The number of fused-ring (bicyclic) bond motifs is 1. The minimum Gasteiger partial charge on any atom is -0.508 e. The molecule has 1 aliphatic rings. The zero-order valence-corrected chi connectivity index (χ0v) is 13.6. The van der Waals surface area contributed by atoms with E-state index in [2.05, 4.69) is 17.4 Å². The molecule has 0 bridgehead atoms. The Morgan fingerprint density at radius 2 is 1.96 bits per heavy atom. The Morgan fingerprint density at radius 1 is 1.13 bits per heavy atom. The summed E-state index contributed by atoms with van der Waals surface area (Å²) in [5.41, 5.74) is 3.85. The minimum atomic E-state index is 0.333. The number of phenols is 2. The maximum absolute atomic E-state index is 9.74. The number of aromatic hydroxyl groups is 2. The van der Waals surface area contributed by atoms with Crippen LogP contribution < -0.4 is 5.32 Å². The molecule has 3 nitrogen and oxygen atoms in total. The van der Waals surface area contributed by atoms with E-state index < -0.39 is 0 Å². The monoisotopic (exact) mass is 311 g/mol. The third-order valence-corrected chi connectivity index (χ3v) is 4.93. The van der Waals surface area contributed by atoms with Gasteiger partial charge in [-0.25, -0.2) is 0 Å². The predicted octanol–water partition coefficient (Wildman–Crippen LogP) is 3.60. The molecule has 0 aromatic heterocycles. The van der Waals surface area contributed by atoms with Gasteiger partial charge in [0.05, 0.1) is 0 Å². The lowest BCUT2D eigenvalue weighted by Gasteiger charge is -2.33. The van der Waals surface area contributed by atoms with Crippen LogP contribution in [0, 0.1) is 5.92 Å². The van der Waals surface area contributed by atoms with Crippen molar-refractivity contribution < 1.29 is 10.2 Å². The van der Waals surface area contributed by atoms with Gasteiger partial charge in [0.2, 0.25) is 0 Å². The largest absolute Gasteiger partial charge is 0.508 e. The number of hydrogen-bond donors (Lipinski definition) is 3. The van der Waals surface area contributed by atoms with Gasteiger partial charge in [0.25, 0.3) is 0 Å². The molecule has 23 heavy (non-hydrogen) atoms. The molecule has 0 fully saturated rings. The van der Waals surface area contributed by atoms with Crippen molar-refractivity contribution in [3.05, 3.63) is 59.2 Å². The fourth-order valence-corrected chi connectivity index (χ4v) is 3.93. The molecular weight excluding hydrogens is 286 g/mol. The summed E-state index contributed by atoms with van der Waals surface area (Å²) in [6.45, 7) is 0.945. The summed E-state index contributed by atoms with van der Waals surface area (Å²) in [7, 11) is 2.00. The summed E-state index contributed by atoms with van der Waals surface area (Å²) in [5.74, 6) is 1.67. The zero-order valence-electron chi connectivity index (χ0n) is 13.6. The van der Waals surface area contributed by atoms with E-state index in [0.29, 0.717) is 23.3 Å². The summed E-state index contributed by atoms with van der Waals surface area (Å²) in [5, 5.41) is 22.8. The lowest BCUT2D eigenvalue weighted by Crippen LogP contribution is -2.29.